The van der Waals surface area contributed by atoms with E-state index < -0.39 is 0 Å². The van der Waals surface area contributed by atoms with E-state index in [1.165, 1.54) is 5.56 Å². The number of urea groups is 1. The van der Waals surface area contributed by atoms with Gasteiger partial charge in [-0.3, -0.25) is 10.1 Å². The molecule has 0 spiro atoms. The molecule has 1 saturated heterocycles. The predicted octanol–water partition coefficient (Wildman–Crippen LogP) is 3.25. The minimum Gasteiger partial charge on any atom is -0.334 e. The summed E-state index contributed by atoms with van der Waals surface area (Å²) in [5.41, 5.74) is 5.56. The Morgan fingerprint density at radius 1 is 1.12 bits per heavy atom. The van der Waals surface area contributed by atoms with Crippen LogP contribution in [0.25, 0.3) is 11.3 Å². The first-order chi connectivity index (χ1) is 15.8. The third kappa shape index (κ3) is 4.67. The SMILES string of the molecule is O=C(N[C@@H]1CCCN(CCc2ccccc2)C1)N1CCc2[nH]nc(-c3ccncc3)c2C1. The number of H-pyrrole nitrogens is 1. The Bertz CT molecular complexity index is 1040. The van der Waals surface area contributed by atoms with Crippen LogP contribution in [0, 0.1) is 0 Å². The molecule has 2 aromatic heterocycles. The summed E-state index contributed by atoms with van der Waals surface area (Å²) in [4.78, 5) is 21.6. The summed E-state index contributed by atoms with van der Waals surface area (Å²) >= 11 is 0. The molecule has 1 aromatic carbocycles. The highest BCUT2D eigenvalue weighted by molar-refractivity contribution is 5.75. The Hall–Kier alpha value is -3.19. The Morgan fingerprint density at radius 2 is 1.97 bits per heavy atom. The van der Waals surface area contributed by atoms with Crippen LogP contribution in [0.3, 0.4) is 0 Å². The van der Waals surface area contributed by atoms with E-state index in [1.54, 1.807) is 12.4 Å². The number of benzene rings is 1. The van der Waals surface area contributed by atoms with Crippen LogP contribution in [-0.4, -0.2) is 63.2 Å². The minimum atomic E-state index is 0.0347. The average Bonchev–Trinajstić information content (AvgIpc) is 3.27. The molecule has 0 bridgehead atoms. The molecule has 1 fully saturated rings. The second-order valence-electron chi connectivity index (χ2n) is 8.76. The number of nitrogens with one attached hydrogen (secondary N) is 2. The van der Waals surface area contributed by atoms with Crippen molar-refractivity contribution in [2.75, 3.05) is 26.2 Å². The Morgan fingerprint density at radius 3 is 2.81 bits per heavy atom. The van der Waals surface area contributed by atoms with E-state index >= 15 is 0 Å². The first-order valence-corrected chi connectivity index (χ1v) is 11.5. The molecule has 3 aromatic rings. The second kappa shape index (κ2) is 9.53. The lowest BCUT2D eigenvalue weighted by Crippen LogP contribution is -2.52. The van der Waals surface area contributed by atoms with Crippen LogP contribution in [0.15, 0.2) is 54.9 Å². The highest BCUT2D eigenvalue weighted by Crippen LogP contribution is 2.28. The zero-order chi connectivity index (χ0) is 21.8. The van der Waals surface area contributed by atoms with Crippen LogP contribution in [-0.2, 0) is 19.4 Å². The number of amides is 2. The van der Waals surface area contributed by atoms with Gasteiger partial charge < -0.3 is 15.1 Å². The zero-order valence-corrected chi connectivity index (χ0v) is 18.3. The summed E-state index contributed by atoms with van der Waals surface area (Å²) in [6.07, 6.45) is 7.56. The summed E-state index contributed by atoms with van der Waals surface area (Å²) in [5, 5.41) is 11.0. The smallest absolute Gasteiger partial charge is 0.317 e. The van der Waals surface area contributed by atoms with Gasteiger partial charge in [-0.2, -0.15) is 5.10 Å². The number of hydrogen-bond donors (Lipinski definition) is 2. The van der Waals surface area contributed by atoms with E-state index in [2.05, 4.69) is 55.7 Å². The fourth-order valence-electron chi connectivity index (χ4n) is 4.79. The molecule has 5 rings (SSSR count). The van der Waals surface area contributed by atoms with Crippen molar-refractivity contribution in [3.05, 3.63) is 71.7 Å². The number of hydrogen-bond acceptors (Lipinski definition) is 4. The van der Waals surface area contributed by atoms with Gasteiger partial charge in [-0.25, -0.2) is 4.79 Å². The fraction of sp³-hybridized carbons (Fsp3) is 0.400. The van der Waals surface area contributed by atoms with Crippen molar-refractivity contribution in [2.45, 2.75) is 38.3 Å². The molecule has 7 heteroatoms. The number of rotatable bonds is 5. The van der Waals surface area contributed by atoms with Gasteiger partial charge in [0.05, 0.1) is 12.2 Å². The van der Waals surface area contributed by atoms with Gasteiger partial charge >= 0.3 is 6.03 Å². The Labute approximate surface area is 188 Å². The summed E-state index contributed by atoms with van der Waals surface area (Å²) in [6.45, 7) is 4.36. The number of aromatic amines is 1. The third-order valence-electron chi connectivity index (χ3n) is 6.57. The topological polar surface area (TPSA) is 77.2 Å². The number of carbonyl (C=O) groups is 1. The van der Waals surface area contributed by atoms with Crippen molar-refractivity contribution in [3.8, 4) is 11.3 Å². The minimum absolute atomic E-state index is 0.0347. The summed E-state index contributed by atoms with van der Waals surface area (Å²) < 4.78 is 0. The molecule has 2 N–H and O–H groups in total. The first-order valence-electron chi connectivity index (χ1n) is 11.5. The fourth-order valence-corrected chi connectivity index (χ4v) is 4.79. The molecule has 2 aliphatic heterocycles. The van der Waals surface area contributed by atoms with Gasteiger partial charge in [-0.1, -0.05) is 30.3 Å². The largest absolute Gasteiger partial charge is 0.334 e. The molecule has 7 nitrogen and oxygen atoms in total. The van der Waals surface area contributed by atoms with Crippen LogP contribution >= 0.6 is 0 Å². The van der Waals surface area contributed by atoms with Crippen LogP contribution in [0.1, 0.15) is 29.7 Å². The lowest BCUT2D eigenvalue weighted by molar-refractivity contribution is 0.164. The quantitative estimate of drug-likeness (QED) is 0.652. The number of pyridine rings is 1. The van der Waals surface area contributed by atoms with Gasteiger partial charge in [0.25, 0.3) is 0 Å². The van der Waals surface area contributed by atoms with E-state index in [0.29, 0.717) is 13.1 Å². The maximum atomic E-state index is 13.1. The number of nitrogens with zero attached hydrogens (tertiary/aromatic N) is 4. The van der Waals surface area contributed by atoms with Crippen LogP contribution in [0.4, 0.5) is 4.79 Å². The van der Waals surface area contributed by atoms with Gasteiger partial charge in [-0.15, -0.1) is 0 Å². The molecular formula is C25H30N6O. The van der Waals surface area contributed by atoms with Crippen LogP contribution in [0.2, 0.25) is 0 Å². The van der Waals surface area contributed by atoms with Crippen molar-refractivity contribution in [2.24, 2.45) is 0 Å². The Kier molecular flexibility index (Phi) is 6.16. The van der Waals surface area contributed by atoms with Gasteiger partial charge in [0.2, 0.25) is 0 Å². The number of piperidine rings is 1. The van der Waals surface area contributed by atoms with Crippen LogP contribution < -0.4 is 5.32 Å². The first kappa shape index (κ1) is 20.7. The van der Waals surface area contributed by atoms with E-state index in [9.17, 15) is 4.79 Å². The van der Waals surface area contributed by atoms with Gasteiger partial charge in [-0.05, 0) is 43.5 Å². The number of carbonyl (C=O) groups excluding carboxylic acids is 1. The second-order valence-corrected chi connectivity index (χ2v) is 8.76. The van der Waals surface area contributed by atoms with Crippen molar-refractivity contribution < 1.29 is 4.79 Å². The van der Waals surface area contributed by atoms with E-state index in [0.717, 1.165) is 67.8 Å². The molecule has 0 radical (unpaired) electrons. The summed E-state index contributed by atoms with van der Waals surface area (Å²) in [5.74, 6) is 0. The molecule has 2 aliphatic rings. The van der Waals surface area contributed by atoms with Crippen molar-refractivity contribution in [3.63, 3.8) is 0 Å². The number of likely N-dealkylation sites (tertiary alicyclic amines) is 1. The van der Waals surface area contributed by atoms with Gasteiger partial charge in [0, 0.05) is 61.3 Å². The standard InChI is InChI=1S/C25H30N6O/c32-25(27-21-7-4-14-30(17-21)15-10-19-5-2-1-3-6-19)31-16-11-23-22(18-31)24(29-28-23)20-8-12-26-13-9-20/h1-3,5-6,8-9,12-13,21H,4,7,10-11,14-18H2,(H,27,32)(H,28,29)/t21-/m1/s1. The molecule has 166 valence electrons. The van der Waals surface area contributed by atoms with E-state index in [-0.39, 0.29) is 12.1 Å². The van der Waals surface area contributed by atoms with Crippen molar-refractivity contribution in [1.29, 1.82) is 0 Å². The number of aromatic nitrogens is 3. The zero-order valence-electron chi connectivity index (χ0n) is 18.3. The monoisotopic (exact) mass is 430 g/mol. The maximum Gasteiger partial charge on any atom is 0.317 e. The summed E-state index contributed by atoms with van der Waals surface area (Å²) in [7, 11) is 0. The molecule has 4 heterocycles. The van der Waals surface area contributed by atoms with Crippen LogP contribution in [0.5, 0.6) is 0 Å². The van der Waals surface area contributed by atoms with E-state index in [4.69, 9.17) is 0 Å². The molecule has 0 saturated carbocycles. The van der Waals surface area contributed by atoms with Crippen molar-refractivity contribution in [1.82, 2.24) is 30.3 Å². The normalized spacial score (nSPS) is 18.9. The predicted molar refractivity (Wildman–Crippen MR) is 124 cm³/mol. The molecular weight excluding hydrogens is 400 g/mol. The molecule has 1 atom stereocenters. The summed E-state index contributed by atoms with van der Waals surface area (Å²) in [6, 6.07) is 14.8. The Balaban J connectivity index is 1.17. The molecule has 2 amide bonds. The maximum absolute atomic E-state index is 13.1. The highest BCUT2D eigenvalue weighted by Gasteiger charge is 2.28. The third-order valence-corrected chi connectivity index (χ3v) is 6.57. The molecule has 32 heavy (non-hydrogen) atoms. The lowest BCUT2D eigenvalue weighted by atomic mass is 10.0. The average molecular weight is 431 g/mol. The lowest BCUT2D eigenvalue weighted by Gasteiger charge is -2.35. The number of fused-ring (bicyclic) bond motifs is 1. The van der Waals surface area contributed by atoms with Crippen molar-refractivity contribution >= 4 is 6.03 Å². The van der Waals surface area contributed by atoms with Gasteiger partial charge in [0.1, 0.15) is 0 Å². The molecule has 0 unspecified atom stereocenters. The highest BCUT2D eigenvalue weighted by atomic mass is 16.2. The van der Waals surface area contributed by atoms with E-state index in [1.807, 2.05) is 17.0 Å². The van der Waals surface area contributed by atoms with Gasteiger partial charge in [0.15, 0.2) is 0 Å². The molecule has 0 aliphatic carbocycles.